The lowest BCUT2D eigenvalue weighted by atomic mass is 9.99. The van der Waals surface area contributed by atoms with E-state index in [-0.39, 0.29) is 69.0 Å². The van der Waals surface area contributed by atoms with Gasteiger partial charge in [-0.2, -0.15) is 5.01 Å². The standard InChI is InChI=1S/C35H35FN8O5S/c1-3-13-42(35(48)39-16-22-7-10-25(36)11-8-22)43-19-31(46)44-27(15-23-9-12-28(26(37)14-23)49-20-21(2)45)33(47)41(18-30(43)44)17-24-5-4-6-29-32(24)40-34(38)50-29/h1,4-12,14,27,30H,13,15-20,37H2,2H3,(H2,38,40)(H,39,48)/t27-,30+/m0/s1. The zero-order valence-electron chi connectivity index (χ0n) is 27.2. The molecule has 13 nitrogen and oxygen atoms in total. The predicted molar refractivity (Wildman–Crippen MR) is 185 cm³/mol. The average Bonchev–Trinajstić information content (AvgIpc) is 3.63. The molecular weight excluding hydrogens is 664 g/mol. The van der Waals surface area contributed by atoms with Gasteiger partial charge in [0.2, 0.25) is 11.8 Å². The Bertz CT molecular complexity index is 2000. The second-order valence-corrected chi connectivity index (χ2v) is 13.1. The molecule has 4 aromatic rings. The lowest BCUT2D eigenvalue weighted by Gasteiger charge is -2.46. The lowest BCUT2D eigenvalue weighted by Crippen LogP contribution is -2.66. The maximum atomic E-state index is 14.3. The number of carbonyl (C=O) groups is 4. The highest BCUT2D eigenvalue weighted by Gasteiger charge is 2.52. The third-order valence-electron chi connectivity index (χ3n) is 8.52. The topological polar surface area (TPSA) is 167 Å². The number of thiazole rings is 1. The monoisotopic (exact) mass is 698 g/mol. The van der Waals surface area contributed by atoms with Gasteiger partial charge in [0.25, 0.3) is 0 Å². The van der Waals surface area contributed by atoms with Crippen LogP contribution in [-0.4, -0.2) is 86.9 Å². The van der Waals surface area contributed by atoms with Gasteiger partial charge in [-0.05, 0) is 53.9 Å². The van der Waals surface area contributed by atoms with Crippen LogP contribution in [0.3, 0.4) is 0 Å². The maximum absolute atomic E-state index is 14.3. The molecule has 2 aliphatic rings. The molecule has 2 aliphatic heterocycles. The van der Waals surface area contributed by atoms with Crippen LogP contribution in [-0.2, 0) is 33.9 Å². The number of nitrogens with one attached hydrogen (secondary N) is 1. The number of nitrogens with zero attached hydrogens (tertiary/aromatic N) is 5. The van der Waals surface area contributed by atoms with Gasteiger partial charge in [0, 0.05) is 19.5 Å². The van der Waals surface area contributed by atoms with E-state index in [0.717, 1.165) is 10.3 Å². The summed E-state index contributed by atoms with van der Waals surface area (Å²) in [5.74, 6) is 1.62. The van der Waals surface area contributed by atoms with E-state index < -0.39 is 24.1 Å². The molecule has 2 atom stereocenters. The predicted octanol–water partition coefficient (Wildman–Crippen LogP) is 2.75. The molecule has 15 heteroatoms. The highest BCUT2D eigenvalue weighted by Crippen LogP contribution is 2.33. The van der Waals surface area contributed by atoms with Crippen molar-refractivity contribution in [1.29, 1.82) is 0 Å². The Hall–Kier alpha value is -5.72. The fourth-order valence-electron chi connectivity index (χ4n) is 6.24. The van der Waals surface area contributed by atoms with Gasteiger partial charge in [-0.15, -0.1) is 6.42 Å². The van der Waals surface area contributed by atoms with Gasteiger partial charge in [0.1, 0.15) is 30.4 Å². The molecule has 3 aromatic carbocycles. The van der Waals surface area contributed by atoms with E-state index in [0.29, 0.717) is 27.5 Å². The molecule has 0 spiro atoms. The summed E-state index contributed by atoms with van der Waals surface area (Å²) in [7, 11) is 0. The number of rotatable bonds is 11. The quantitative estimate of drug-likeness (QED) is 0.158. The van der Waals surface area contributed by atoms with E-state index in [1.807, 2.05) is 18.2 Å². The number of terminal acetylenes is 1. The number of para-hydroxylation sites is 1. The first-order valence-corrected chi connectivity index (χ1v) is 16.6. The number of hydrazine groups is 1. The number of hydrogen-bond donors (Lipinski definition) is 3. The molecule has 2 saturated heterocycles. The number of halogens is 1. The average molecular weight is 699 g/mol. The molecule has 0 saturated carbocycles. The summed E-state index contributed by atoms with van der Waals surface area (Å²) in [6, 6.07) is 14.9. The molecule has 4 amide bonds. The number of hydrogen-bond acceptors (Lipinski definition) is 10. The van der Waals surface area contributed by atoms with Gasteiger partial charge in [0.15, 0.2) is 10.9 Å². The van der Waals surface area contributed by atoms with E-state index in [2.05, 4.69) is 16.2 Å². The van der Waals surface area contributed by atoms with Crippen LogP contribution >= 0.6 is 11.3 Å². The summed E-state index contributed by atoms with van der Waals surface area (Å²) < 4.78 is 19.8. The number of aromatic nitrogens is 1. The fraction of sp³-hybridized carbons (Fsp3) is 0.286. The molecule has 6 rings (SSSR count). The normalized spacial score (nSPS) is 17.5. The first-order chi connectivity index (χ1) is 24.0. The number of Topliss-reactive ketones (excluding diaryl/α,β-unsaturated/α-hetero) is 1. The summed E-state index contributed by atoms with van der Waals surface area (Å²) in [5, 5.41) is 6.08. The number of nitrogens with two attached hydrogens (primary N) is 2. The van der Waals surface area contributed by atoms with E-state index in [4.69, 9.17) is 22.6 Å². The Morgan fingerprint density at radius 3 is 2.62 bits per heavy atom. The van der Waals surface area contributed by atoms with Gasteiger partial charge in [-0.25, -0.2) is 19.2 Å². The number of piperazine rings is 1. The lowest BCUT2D eigenvalue weighted by molar-refractivity contribution is -0.157. The molecule has 258 valence electrons. The molecule has 50 heavy (non-hydrogen) atoms. The van der Waals surface area contributed by atoms with Crippen molar-refractivity contribution in [3.8, 4) is 18.1 Å². The Morgan fingerprint density at radius 2 is 1.90 bits per heavy atom. The molecule has 5 N–H and O–H groups in total. The van der Waals surface area contributed by atoms with Crippen LogP contribution in [0.5, 0.6) is 5.75 Å². The van der Waals surface area contributed by atoms with Crippen LogP contribution in [0.1, 0.15) is 23.6 Å². The number of benzene rings is 3. The minimum absolute atomic E-state index is 0.0728. The van der Waals surface area contributed by atoms with Gasteiger partial charge < -0.3 is 31.3 Å². The minimum Gasteiger partial charge on any atom is -0.484 e. The molecule has 0 unspecified atom stereocenters. The Balaban J connectivity index is 1.31. The van der Waals surface area contributed by atoms with Crippen LogP contribution < -0.4 is 21.5 Å². The third-order valence-corrected chi connectivity index (χ3v) is 9.37. The maximum Gasteiger partial charge on any atom is 0.333 e. The zero-order chi connectivity index (χ0) is 35.5. The number of ether oxygens (including phenoxy) is 1. The number of nitrogen functional groups attached to an aromatic ring is 2. The third kappa shape index (κ3) is 7.16. The highest BCUT2D eigenvalue weighted by molar-refractivity contribution is 7.22. The molecule has 0 aliphatic carbocycles. The Morgan fingerprint density at radius 1 is 1.14 bits per heavy atom. The van der Waals surface area contributed by atoms with Crippen LogP contribution in [0.15, 0.2) is 60.7 Å². The minimum atomic E-state index is -0.954. The van der Waals surface area contributed by atoms with Crippen molar-refractivity contribution < 1.29 is 28.3 Å². The highest BCUT2D eigenvalue weighted by atomic mass is 32.1. The van der Waals surface area contributed by atoms with E-state index in [1.54, 1.807) is 40.2 Å². The Kier molecular flexibility index (Phi) is 9.84. The van der Waals surface area contributed by atoms with Crippen LogP contribution in [0.2, 0.25) is 0 Å². The molecule has 0 radical (unpaired) electrons. The molecule has 0 bridgehead atoms. The zero-order valence-corrected chi connectivity index (χ0v) is 28.0. The van der Waals surface area contributed by atoms with Gasteiger partial charge >= 0.3 is 6.03 Å². The number of anilines is 2. The van der Waals surface area contributed by atoms with Crippen molar-refractivity contribution in [2.24, 2.45) is 0 Å². The molecule has 3 heterocycles. The van der Waals surface area contributed by atoms with Crippen molar-refractivity contribution in [3.05, 3.63) is 83.2 Å². The SMILES string of the molecule is C#CCN(C(=O)NCc1ccc(F)cc1)N1CC(=O)N2[C@@H](Cc3ccc(OCC(C)=O)c(N)c3)C(=O)N(Cc3cccc4sc(N)nc34)C[C@@H]21. The second-order valence-electron chi connectivity index (χ2n) is 12.0. The number of fused-ring (bicyclic) bond motifs is 2. The van der Waals surface area contributed by atoms with Crippen LogP contribution in [0, 0.1) is 18.2 Å². The smallest absolute Gasteiger partial charge is 0.333 e. The van der Waals surface area contributed by atoms with Crippen LogP contribution in [0.25, 0.3) is 10.2 Å². The van der Waals surface area contributed by atoms with Crippen molar-refractivity contribution in [2.75, 3.05) is 37.7 Å². The van der Waals surface area contributed by atoms with E-state index in [1.165, 1.54) is 40.3 Å². The van der Waals surface area contributed by atoms with Crippen molar-refractivity contribution >= 4 is 56.0 Å². The van der Waals surface area contributed by atoms with E-state index >= 15 is 0 Å². The van der Waals surface area contributed by atoms with Gasteiger partial charge in [0.05, 0.1) is 35.5 Å². The van der Waals surface area contributed by atoms with Gasteiger partial charge in [-0.1, -0.05) is 47.6 Å². The fourth-order valence-corrected chi connectivity index (χ4v) is 7.02. The van der Waals surface area contributed by atoms with Crippen molar-refractivity contribution in [2.45, 2.75) is 38.6 Å². The molecule has 2 fully saturated rings. The number of urea groups is 1. The van der Waals surface area contributed by atoms with Crippen molar-refractivity contribution in [1.82, 2.24) is 30.1 Å². The first kappa shape index (κ1) is 34.2. The van der Waals surface area contributed by atoms with Gasteiger partial charge in [-0.3, -0.25) is 14.4 Å². The second kappa shape index (κ2) is 14.4. The summed E-state index contributed by atoms with van der Waals surface area (Å²) in [6.07, 6.45) is 5.07. The largest absolute Gasteiger partial charge is 0.484 e. The number of ketones is 1. The van der Waals surface area contributed by atoms with Crippen molar-refractivity contribution in [3.63, 3.8) is 0 Å². The summed E-state index contributed by atoms with van der Waals surface area (Å²) >= 11 is 1.34. The summed E-state index contributed by atoms with van der Waals surface area (Å²) in [4.78, 5) is 60.8. The molecular formula is C35H35FN8O5S. The number of carbonyl (C=O) groups excluding carboxylic acids is 4. The summed E-state index contributed by atoms with van der Waals surface area (Å²) in [6.45, 7) is 1.26. The Labute approximate surface area is 291 Å². The molecule has 1 aromatic heterocycles. The summed E-state index contributed by atoms with van der Waals surface area (Å²) in [5.41, 5.74) is 15.3. The van der Waals surface area contributed by atoms with E-state index in [9.17, 15) is 23.6 Å². The van der Waals surface area contributed by atoms with Crippen LogP contribution in [0.4, 0.5) is 20.0 Å². The number of amides is 4. The first-order valence-electron chi connectivity index (χ1n) is 15.8.